The molecule has 0 aliphatic carbocycles. The van der Waals surface area contributed by atoms with Crippen LogP contribution in [-0.4, -0.2) is 49.8 Å². The summed E-state index contributed by atoms with van der Waals surface area (Å²) in [5, 5.41) is 3.73. The van der Waals surface area contributed by atoms with Gasteiger partial charge in [-0.3, -0.25) is 9.69 Å². The molecule has 0 saturated carbocycles. The zero-order valence-electron chi connectivity index (χ0n) is 15.2. The minimum Gasteiger partial charge on any atom is -0.454 e. The number of anilines is 2. The highest BCUT2D eigenvalue weighted by Gasteiger charge is 2.26. The van der Waals surface area contributed by atoms with Crippen LogP contribution in [0.4, 0.5) is 11.4 Å². The Balaban J connectivity index is 1.34. The molecule has 1 saturated heterocycles. The molecular formula is C20H22ClN3O3. The van der Waals surface area contributed by atoms with Crippen LogP contribution < -0.4 is 19.7 Å². The van der Waals surface area contributed by atoms with Gasteiger partial charge in [0.1, 0.15) is 0 Å². The molecule has 1 atom stereocenters. The number of rotatable bonds is 4. The molecule has 6 nitrogen and oxygen atoms in total. The number of hydrogen-bond donors (Lipinski definition) is 1. The summed E-state index contributed by atoms with van der Waals surface area (Å²) in [5.74, 6) is 1.34. The smallest absolute Gasteiger partial charge is 0.241 e. The van der Waals surface area contributed by atoms with Gasteiger partial charge in [-0.25, -0.2) is 0 Å². The Hall–Kier alpha value is -2.44. The van der Waals surface area contributed by atoms with E-state index in [4.69, 9.17) is 21.1 Å². The first-order valence-corrected chi connectivity index (χ1v) is 9.43. The van der Waals surface area contributed by atoms with Crippen molar-refractivity contribution >= 4 is 28.9 Å². The van der Waals surface area contributed by atoms with Crippen LogP contribution in [0.5, 0.6) is 11.5 Å². The van der Waals surface area contributed by atoms with E-state index in [0.717, 1.165) is 36.9 Å². The van der Waals surface area contributed by atoms with E-state index < -0.39 is 0 Å². The Morgan fingerprint density at radius 3 is 2.59 bits per heavy atom. The number of ether oxygens (including phenoxy) is 2. The van der Waals surface area contributed by atoms with Crippen LogP contribution in [0.3, 0.4) is 0 Å². The third-order valence-corrected chi connectivity index (χ3v) is 5.39. The van der Waals surface area contributed by atoms with Gasteiger partial charge < -0.3 is 19.7 Å². The molecule has 2 heterocycles. The van der Waals surface area contributed by atoms with Gasteiger partial charge in [-0.15, -0.1) is 0 Å². The molecule has 2 aromatic rings. The van der Waals surface area contributed by atoms with Crippen molar-refractivity contribution in [1.82, 2.24) is 4.90 Å². The van der Waals surface area contributed by atoms with Crippen LogP contribution in [0.1, 0.15) is 6.92 Å². The van der Waals surface area contributed by atoms with E-state index in [9.17, 15) is 4.79 Å². The maximum Gasteiger partial charge on any atom is 0.241 e. The molecule has 0 aromatic heterocycles. The molecule has 2 aliphatic rings. The van der Waals surface area contributed by atoms with Gasteiger partial charge in [-0.05, 0) is 31.2 Å². The molecule has 0 radical (unpaired) electrons. The van der Waals surface area contributed by atoms with E-state index in [1.807, 2.05) is 43.3 Å². The van der Waals surface area contributed by atoms with E-state index in [2.05, 4.69) is 15.1 Å². The average Bonchev–Trinajstić information content (AvgIpc) is 3.16. The fourth-order valence-corrected chi connectivity index (χ4v) is 3.70. The fourth-order valence-electron chi connectivity index (χ4n) is 3.45. The Labute approximate surface area is 163 Å². The minimum absolute atomic E-state index is 0.0277. The number of benzene rings is 2. The third-order valence-electron chi connectivity index (χ3n) is 5.07. The Bertz CT molecular complexity index is 837. The lowest BCUT2D eigenvalue weighted by Gasteiger charge is -2.38. The lowest BCUT2D eigenvalue weighted by atomic mass is 10.2. The molecule has 142 valence electrons. The number of para-hydroxylation sites is 1. The molecule has 0 bridgehead atoms. The van der Waals surface area contributed by atoms with Gasteiger partial charge in [-0.1, -0.05) is 23.7 Å². The van der Waals surface area contributed by atoms with Crippen LogP contribution >= 0.6 is 11.6 Å². The predicted octanol–water partition coefficient (Wildman–Crippen LogP) is 3.22. The quantitative estimate of drug-likeness (QED) is 0.873. The van der Waals surface area contributed by atoms with Crippen molar-refractivity contribution in [3.63, 3.8) is 0 Å². The monoisotopic (exact) mass is 387 g/mol. The maximum atomic E-state index is 12.7. The number of hydrogen-bond acceptors (Lipinski definition) is 5. The van der Waals surface area contributed by atoms with Crippen LogP contribution in [0.25, 0.3) is 0 Å². The molecule has 2 aromatic carbocycles. The van der Waals surface area contributed by atoms with Gasteiger partial charge in [-0.2, -0.15) is 0 Å². The molecule has 7 heteroatoms. The molecule has 1 fully saturated rings. The Morgan fingerprint density at radius 1 is 1.07 bits per heavy atom. The Kier molecular flexibility index (Phi) is 5.09. The molecule has 1 amide bonds. The number of nitrogens with zero attached hydrogens (tertiary/aromatic N) is 2. The maximum absolute atomic E-state index is 12.7. The molecular weight excluding hydrogens is 366 g/mol. The number of amides is 1. The van der Waals surface area contributed by atoms with Crippen molar-refractivity contribution in [3.05, 3.63) is 47.5 Å². The highest BCUT2D eigenvalue weighted by Crippen LogP contribution is 2.34. The summed E-state index contributed by atoms with van der Waals surface area (Å²) in [4.78, 5) is 17.1. The van der Waals surface area contributed by atoms with Gasteiger partial charge in [0.2, 0.25) is 12.7 Å². The summed E-state index contributed by atoms with van der Waals surface area (Å²) in [5.41, 5.74) is 1.77. The van der Waals surface area contributed by atoms with Gasteiger partial charge in [0.25, 0.3) is 0 Å². The highest BCUT2D eigenvalue weighted by molar-refractivity contribution is 6.33. The summed E-state index contributed by atoms with van der Waals surface area (Å²) in [6.45, 7) is 5.45. The molecule has 4 rings (SSSR count). The number of fused-ring (bicyclic) bond motifs is 1. The first-order chi connectivity index (χ1) is 13.1. The summed E-state index contributed by atoms with van der Waals surface area (Å²) < 4.78 is 10.7. The SMILES string of the molecule is C[C@H](C(=O)Nc1ccc2c(c1)OCO2)N1CCN(c2ccccc2Cl)CC1. The van der Waals surface area contributed by atoms with Crippen LogP contribution in [-0.2, 0) is 4.79 Å². The van der Waals surface area contributed by atoms with Gasteiger partial charge in [0.15, 0.2) is 11.5 Å². The van der Waals surface area contributed by atoms with E-state index in [0.29, 0.717) is 17.2 Å². The molecule has 2 aliphatic heterocycles. The first-order valence-electron chi connectivity index (χ1n) is 9.06. The number of nitrogens with one attached hydrogen (secondary N) is 1. The van der Waals surface area contributed by atoms with Crippen molar-refractivity contribution in [3.8, 4) is 11.5 Å². The first kappa shape index (κ1) is 17.9. The summed E-state index contributed by atoms with van der Waals surface area (Å²) in [7, 11) is 0. The van der Waals surface area contributed by atoms with Crippen molar-refractivity contribution in [2.45, 2.75) is 13.0 Å². The highest BCUT2D eigenvalue weighted by atomic mass is 35.5. The van der Waals surface area contributed by atoms with Crippen LogP contribution in [0, 0.1) is 0 Å². The number of carbonyl (C=O) groups is 1. The zero-order chi connectivity index (χ0) is 18.8. The van der Waals surface area contributed by atoms with E-state index in [-0.39, 0.29) is 18.7 Å². The minimum atomic E-state index is -0.219. The topological polar surface area (TPSA) is 54.0 Å². The van der Waals surface area contributed by atoms with Crippen molar-refractivity contribution in [1.29, 1.82) is 0 Å². The van der Waals surface area contributed by atoms with E-state index in [1.165, 1.54) is 0 Å². The molecule has 1 N–H and O–H groups in total. The summed E-state index contributed by atoms with van der Waals surface area (Å²) >= 11 is 6.30. The predicted molar refractivity (Wildman–Crippen MR) is 106 cm³/mol. The second-order valence-corrected chi connectivity index (χ2v) is 7.11. The fraction of sp³-hybridized carbons (Fsp3) is 0.350. The van der Waals surface area contributed by atoms with Crippen LogP contribution in [0.15, 0.2) is 42.5 Å². The molecule has 0 unspecified atom stereocenters. The third kappa shape index (κ3) is 3.82. The van der Waals surface area contributed by atoms with Crippen molar-refractivity contribution < 1.29 is 14.3 Å². The standard InChI is InChI=1S/C20H22ClN3O3/c1-14(20(25)22-15-6-7-18-19(12-15)27-13-26-18)23-8-10-24(11-9-23)17-5-3-2-4-16(17)21/h2-7,12,14H,8-11,13H2,1H3,(H,22,25)/t14-/m1/s1. The summed E-state index contributed by atoms with van der Waals surface area (Å²) in [6.07, 6.45) is 0. The van der Waals surface area contributed by atoms with E-state index >= 15 is 0 Å². The normalized spacial score (nSPS) is 17.6. The number of carbonyl (C=O) groups excluding carboxylic acids is 1. The summed E-state index contributed by atoms with van der Waals surface area (Å²) in [6, 6.07) is 13.1. The number of halogens is 1. The lowest BCUT2D eigenvalue weighted by Crippen LogP contribution is -2.52. The second-order valence-electron chi connectivity index (χ2n) is 6.71. The number of piperazine rings is 1. The zero-order valence-corrected chi connectivity index (χ0v) is 15.9. The average molecular weight is 388 g/mol. The lowest BCUT2D eigenvalue weighted by molar-refractivity contribution is -0.120. The van der Waals surface area contributed by atoms with Gasteiger partial charge in [0, 0.05) is 37.9 Å². The molecule has 0 spiro atoms. The molecule has 27 heavy (non-hydrogen) atoms. The van der Waals surface area contributed by atoms with Crippen molar-refractivity contribution in [2.24, 2.45) is 0 Å². The van der Waals surface area contributed by atoms with Gasteiger partial charge >= 0.3 is 0 Å². The van der Waals surface area contributed by atoms with Crippen LogP contribution in [0.2, 0.25) is 5.02 Å². The van der Waals surface area contributed by atoms with Gasteiger partial charge in [0.05, 0.1) is 16.8 Å². The largest absolute Gasteiger partial charge is 0.454 e. The second kappa shape index (κ2) is 7.66. The van der Waals surface area contributed by atoms with Crippen molar-refractivity contribution in [2.75, 3.05) is 43.2 Å². The van der Waals surface area contributed by atoms with E-state index in [1.54, 1.807) is 6.07 Å². The Morgan fingerprint density at radius 2 is 1.81 bits per heavy atom.